The van der Waals surface area contributed by atoms with Gasteiger partial charge in [0.25, 0.3) is 0 Å². The second-order valence-corrected chi connectivity index (χ2v) is 7.71. The molecule has 2 aromatic rings. The van der Waals surface area contributed by atoms with Gasteiger partial charge >= 0.3 is 0 Å². The average Bonchev–Trinajstić information content (AvgIpc) is 2.67. The summed E-state index contributed by atoms with van der Waals surface area (Å²) in [6.45, 7) is 7.19. The lowest BCUT2D eigenvalue weighted by molar-refractivity contribution is -0.115. The molecule has 0 fully saturated rings. The molecule has 2 aromatic carbocycles. The SMILES string of the molecule is CCN(CC)C(=S)S[C@@H](C(=O)Nc1cccc(C(C)=O)c1)c1ccccc1. The monoisotopic (exact) mass is 400 g/mol. The Morgan fingerprint density at radius 1 is 1.07 bits per heavy atom. The highest BCUT2D eigenvalue weighted by Gasteiger charge is 2.25. The fraction of sp³-hybridized carbons (Fsp3) is 0.286. The number of amides is 1. The van der Waals surface area contributed by atoms with E-state index in [1.54, 1.807) is 24.3 Å². The Morgan fingerprint density at radius 3 is 2.33 bits per heavy atom. The fourth-order valence-corrected chi connectivity index (χ4v) is 4.20. The maximum atomic E-state index is 13.0. The summed E-state index contributed by atoms with van der Waals surface area (Å²) in [6.07, 6.45) is 0. The third kappa shape index (κ3) is 5.91. The van der Waals surface area contributed by atoms with E-state index in [2.05, 4.69) is 10.2 Å². The summed E-state index contributed by atoms with van der Waals surface area (Å²) >= 11 is 6.92. The second-order valence-electron chi connectivity index (χ2n) is 5.97. The van der Waals surface area contributed by atoms with Gasteiger partial charge in [-0.2, -0.15) is 0 Å². The molecule has 0 bridgehead atoms. The van der Waals surface area contributed by atoms with E-state index in [0.717, 1.165) is 18.7 Å². The largest absolute Gasteiger partial charge is 0.358 e. The molecule has 142 valence electrons. The normalized spacial score (nSPS) is 11.5. The third-order valence-corrected chi connectivity index (χ3v) is 5.85. The Labute approximate surface area is 170 Å². The molecule has 0 saturated heterocycles. The van der Waals surface area contributed by atoms with Gasteiger partial charge in [0.2, 0.25) is 5.91 Å². The van der Waals surface area contributed by atoms with Crippen LogP contribution >= 0.6 is 24.0 Å². The van der Waals surface area contributed by atoms with Gasteiger partial charge in [-0.25, -0.2) is 0 Å². The van der Waals surface area contributed by atoms with Crippen LogP contribution in [0.2, 0.25) is 0 Å². The summed E-state index contributed by atoms with van der Waals surface area (Å²) in [5.41, 5.74) is 2.05. The van der Waals surface area contributed by atoms with E-state index < -0.39 is 5.25 Å². The van der Waals surface area contributed by atoms with E-state index in [9.17, 15) is 9.59 Å². The molecular formula is C21H24N2O2S2. The molecule has 0 aliphatic carbocycles. The number of hydrogen-bond donors (Lipinski definition) is 1. The minimum absolute atomic E-state index is 0.0391. The van der Waals surface area contributed by atoms with E-state index in [0.29, 0.717) is 15.6 Å². The first-order valence-corrected chi connectivity index (χ1v) is 10.2. The molecular weight excluding hydrogens is 376 g/mol. The number of carbonyl (C=O) groups excluding carboxylic acids is 2. The highest BCUT2D eigenvalue weighted by atomic mass is 32.2. The van der Waals surface area contributed by atoms with Crippen LogP contribution in [-0.4, -0.2) is 34.0 Å². The van der Waals surface area contributed by atoms with Crippen molar-refractivity contribution in [1.29, 1.82) is 0 Å². The maximum absolute atomic E-state index is 13.0. The molecule has 4 nitrogen and oxygen atoms in total. The number of thioether (sulfide) groups is 1. The Kier molecular flexibility index (Phi) is 8.00. The smallest absolute Gasteiger partial charge is 0.242 e. The van der Waals surface area contributed by atoms with Crippen LogP contribution in [0, 0.1) is 0 Å². The number of anilines is 1. The van der Waals surface area contributed by atoms with E-state index in [-0.39, 0.29) is 11.7 Å². The van der Waals surface area contributed by atoms with E-state index >= 15 is 0 Å². The molecule has 0 aliphatic heterocycles. The standard InChI is InChI=1S/C21H24N2O2S2/c1-4-23(5-2)21(26)27-19(16-10-7-6-8-11-16)20(25)22-18-13-9-12-17(14-18)15(3)24/h6-14,19H,4-5H2,1-3H3,(H,22,25)/t19-/m1/s1. The number of nitrogens with zero attached hydrogens (tertiary/aromatic N) is 1. The third-order valence-electron chi connectivity index (χ3n) is 4.12. The zero-order valence-electron chi connectivity index (χ0n) is 15.8. The number of carbonyl (C=O) groups is 2. The van der Waals surface area contributed by atoms with Gasteiger partial charge in [-0.15, -0.1) is 0 Å². The van der Waals surface area contributed by atoms with Crippen molar-refractivity contribution in [3.05, 3.63) is 65.7 Å². The number of nitrogens with one attached hydrogen (secondary N) is 1. The molecule has 0 aliphatic rings. The molecule has 1 N–H and O–H groups in total. The number of hydrogen-bond acceptors (Lipinski definition) is 4. The van der Waals surface area contributed by atoms with Gasteiger partial charge < -0.3 is 10.2 Å². The topological polar surface area (TPSA) is 49.4 Å². The number of rotatable bonds is 7. The van der Waals surface area contributed by atoms with Gasteiger partial charge in [0, 0.05) is 24.3 Å². The van der Waals surface area contributed by atoms with Gasteiger partial charge in [-0.3, -0.25) is 9.59 Å². The molecule has 1 amide bonds. The predicted molar refractivity (Wildman–Crippen MR) is 117 cm³/mol. The Bertz CT molecular complexity index is 805. The predicted octanol–water partition coefficient (Wildman–Crippen LogP) is 4.93. The van der Waals surface area contributed by atoms with Crippen molar-refractivity contribution in [1.82, 2.24) is 4.90 Å². The van der Waals surface area contributed by atoms with Crippen LogP contribution in [0.3, 0.4) is 0 Å². The lowest BCUT2D eigenvalue weighted by atomic mass is 10.1. The molecule has 27 heavy (non-hydrogen) atoms. The quantitative estimate of drug-likeness (QED) is 0.528. The molecule has 0 aromatic heterocycles. The van der Waals surface area contributed by atoms with Crippen molar-refractivity contribution in [2.75, 3.05) is 18.4 Å². The number of ketones is 1. The van der Waals surface area contributed by atoms with Crippen LogP contribution in [-0.2, 0) is 4.79 Å². The highest BCUT2D eigenvalue weighted by molar-refractivity contribution is 8.23. The number of Topliss-reactive ketones (excluding diaryl/α,β-unsaturated/α-hetero) is 1. The summed E-state index contributed by atoms with van der Waals surface area (Å²) in [7, 11) is 0. The van der Waals surface area contributed by atoms with Crippen molar-refractivity contribution in [2.45, 2.75) is 26.0 Å². The summed E-state index contributed by atoms with van der Waals surface area (Å²) < 4.78 is 0.696. The lowest BCUT2D eigenvalue weighted by Crippen LogP contribution is -2.29. The molecule has 2 rings (SSSR count). The number of benzene rings is 2. The fourth-order valence-electron chi connectivity index (χ4n) is 2.58. The molecule has 1 atom stereocenters. The molecule has 0 unspecified atom stereocenters. The van der Waals surface area contributed by atoms with Crippen molar-refractivity contribution in [3.63, 3.8) is 0 Å². The van der Waals surface area contributed by atoms with Gasteiger partial charge in [0.1, 0.15) is 9.57 Å². The highest BCUT2D eigenvalue weighted by Crippen LogP contribution is 2.32. The van der Waals surface area contributed by atoms with Crippen molar-refractivity contribution in [2.24, 2.45) is 0 Å². The van der Waals surface area contributed by atoms with Gasteiger partial charge in [0.15, 0.2) is 5.78 Å². The first-order chi connectivity index (χ1) is 13.0. The van der Waals surface area contributed by atoms with Crippen molar-refractivity contribution < 1.29 is 9.59 Å². The minimum Gasteiger partial charge on any atom is -0.358 e. The van der Waals surface area contributed by atoms with Crippen LogP contribution in [0.4, 0.5) is 5.69 Å². The van der Waals surface area contributed by atoms with Crippen LogP contribution in [0.25, 0.3) is 0 Å². The molecule has 0 spiro atoms. The minimum atomic E-state index is -0.472. The summed E-state index contributed by atoms with van der Waals surface area (Å²) in [5.74, 6) is -0.204. The molecule has 0 radical (unpaired) electrons. The maximum Gasteiger partial charge on any atom is 0.242 e. The Morgan fingerprint density at radius 2 is 1.74 bits per heavy atom. The van der Waals surface area contributed by atoms with E-state index in [1.807, 2.05) is 44.2 Å². The van der Waals surface area contributed by atoms with Crippen molar-refractivity contribution >= 4 is 45.7 Å². The molecule has 0 saturated carbocycles. The van der Waals surface area contributed by atoms with E-state index in [1.165, 1.54) is 18.7 Å². The lowest BCUT2D eigenvalue weighted by Gasteiger charge is -2.24. The second kappa shape index (κ2) is 10.2. The van der Waals surface area contributed by atoms with Crippen LogP contribution < -0.4 is 5.32 Å². The van der Waals surface area contributed by atoms with Crippen LogP contribution in [0.15, 0.2) is 54.6 Å². The van der Waals surface area contributed by atoms with E-state index in [4.69, 9.17) is 12.2 Å². The average molecular weight is 401 g/mol. The summed E-state index contributed by atoms with van der Waals surface area (Å²) in [4.78, 5) is 26.7. The zero-order chi connectivity index (χ0) is 19.8. The van der Waals surface area contributed by atoms with Crippen LogP contribution in [0.5, 0.6) is 0 Å². The Balaban J connectivity index is 2.25. The van der Waals surface area contributed by atoms with Crippen molar-refractivity contribution in [3.8, 4) is 0 Å². The zero-order valence-corrected chi connectivity index (χ0v) is 17.4. The molecule has 0 heterocycles. The first kappa shape index (κ1) is 21.1. The van der Waals surface area contributed by atoms with Gasteiger partial charge in [-0.1, -0.05) is 66.4 Å². The Hall–Kier alpha value is -2.18. The summed E-state index contributed by atoms with van der Waals surface area (Å²) in [5, 5.41) is 2.45. The van der Waals surface area contributed by atoms with Gasteiger partial charge in [-0.05, 0) is 38.5 Å². The summed E-state index contributed by atoms with van der Waals surface area (Å²) in [6, 6.07) is 16.5. The van der Waals surface area contributed by atoms with Gasteiger partial charge in [0.05, 0.1) is 0 Å². The van der Waals surface area contributed by atoms with Crippen LogP contribution in [0.1, 0.15) is 41.9 Å². The molecule has 6 heteroatoms. The number of thiocarbonyl (C=S) groups is 1. The first-order valence-electron chi connectivity index (χ1n) is 8.88.